The van der Waals surface area contributed by atoms with Crippen LogP contribution < -0.4 is 5.32 Å². The number of hydrogen-bond acceptors (Lipinski definition) is 5. The molecule has 98 valence electrons. The molecular formula is C12H11BrN4OS. The van der Waals surface area contributed by atoms with Crippen LogP contribution in [-0.4, -0.2) is 26.2 Å². The highest BCUT2D eigenvalue weighted by atomic mass is 79.9. The van der Waals surface area contributed by atoms with Crippen molar-refractivity contribution in [1.29, 1.82) is 0 Å². The minimum atomic E-state index is -0.554. The molecule has 0 aromatic carbocycles. The number of aliphatic hydroxyl groups excluding tert-OH is 1. The van der Waals surface area contributed by atoms with E-state index in [1.165, 1.54) is 0 Å². The molecule has 3 aromatic rings. The number of rotatable bonds is 4. The summed E-state index contributed by atoms with van der Waals surface area (Å²) in [6.07, 6.45) is 1.27. The summed E-state index contributed by atoms with van der Waals surface area (Å²) in [6, 6.07) is 5.70. The van der Waals surface area contributed by atoms with Crippen LogP contribution in [0.5, 0.6) is 0 Å². The molecule has 19 heavy (non-hydrogen) atoms. The van der Waals surface area contributed by atoms with E-state index in [2.05, 4.69) is 31.3 Å². The Bertz CT molecular complexity index is 682. The maximum absolute atomic E-state index is 9.97. The van der Waals surface area contributed by atoms with Gasteiger partial charge >= 0.3 is 0 Å². The minimum Gasteiger partial charge on any atom is -0.387 e. The number of nitrogens with one attached hydrogen (secondary N) is 1. The molecular weight excluding hydrogens is 328 g/mol. The third-order valence-corrected chi connectivity index (χ3v) is 4.02. The monoisotopic (exact) mass is 338 g/mol. The number of thiophene rings is 1. The Morgan fingerprint density at radius 3 is 3.11 bits per heavy atom. The largest absolute Gasteiger partial charge is 0.387 e. The second-order valence-electron chi connectivity index (χ2n) is 4.01. The summed E-state index contributed by atoms with van der Waals surface area (Å²) < 4.78 is 2.57. The first-order valence-corrected chi connectivity index (χ1v) is 7.42. The predicted molar refractivity (Wildman–Crippen MR) is 78.5 cm³/mol. The van der Waals surface area contributed by atoms with Gasteiger partial charge in [-0.05, 0) is 50.5 Å². The molecule has 3 aromatic heterocycles. The molecule has 3 rings (SSSR count). The average molecular weight is 339 g/mol. The van der Waals surface area contributed by atoms with Gasteiger partial charge in [-0.3, -0.25) is 0 Å². The molecule has 7 heteroatoms. The van der Waals surface area contributed by atoms with Crippen molar-refractivity contribution in [2.24, 2.45) is 0 Å². The van der Waals surface area contributed by atoms with Gasteiger partial charge in [0.25, 0.3) is 0 Å². The lowest BCUT2D eigenvalue weighted by molar-refractivity contribution is 0.192. The molecule has 0 aliphatic carbocycles. The van der Waals surface area contributed by atoms with Crippen LogP contribution in [-0.2, 0) is 0 Å². The van der Waals surface area contributed by atoms with E-state index in [-0.39, 0.29) is 0 Å². The van der Waals surface area contributed by atoms with Crippen LogP contribution in [0.2, 0.25) is 0 Å². The Labute approximate surface area is 122 Å². The van der Waals surface area contributed by atoms with E-state index in [9.17, 15) is 5.11 Å². The first-order chi connectivity index (χ1) is 9.24. The van der Waals surface area contributed by atoms with Gasteiger partial charge in [0, 0.05) is 12.7 Å². The fraction of sp³-hybridized carbons (Fsp3) is 0.167. The number of aromatic nitrogens is 3. The van der Waals surface area contributed by atoms with Gasteiger partial charge < -0.3 is 10.4 Å². The molecule has 2 N–H and O–H groups in total. The quantitative estimate of drug-likeness (QED) is 0.767. The lowest BCUT2D eigenvalue weighted by Gasteiger charge is -2.08. The summed E-state index contributed by atoms with van der Waals surface area (Å²) in [5.74, 6) is 0.501. The standard InChI is InChI=1S/C12H11BrN4OS/c13-9-2-1-4-17-11(9)15-12(16-17)14-6-10(18)8-3-5-19-7-8/h1-5,7,10,18H,6H2,(H,14,16). The van der Waals surface area contributed by atoms with E-state index in [1.54, 1.807) is 15.9 Å². The van der Waals surface area contributed by atoms with Gasteiger partial charge in [-0.1, -0.05) is 0 Å². The second-order valence-corrected chi connectivity index (χ2v) is 5.65. The van der Waals surface area contributed by atoms with E-state index >= 15 is 0 Å². The summed E-state index contributed by atoms with van der Waals surface area (Å²) in [6.45, 7) is 0.380. The van der Waals surface area contributed by atoms with Crippen LogP contribution >= 0.6 is 27.3 Å². The Kier molecular flexibility index (Phi) is 3.50. The molecule has 0 amide bonds. The summed E-state index contributed by atoms with van der Waals surface area (Å²) in [5, 5.41) is 21.2. The number of anilines is 1. The second kappa shape index (κ2) is 5.28. The fourth-order valence-corrected chi connectivity index (χ4v) is 2.85. The maximum atomic E-state index is 9.97. The molecule has 0 fully saturated rings. The lowest BCUT2D eigenvalue weighted by Crippen LogP contribution is -2.12. The average Bonchev–Trinajstić information content (AvgIpc) is 3.05. The smallest absolute Gasteiger partial charge is 0.243 e. The summed E-state index contributed by atoms with van der Waals surface area (Å²) >= 11 is 4.99. The van der Waals surface area contributed by atoms with E-state index < -0.39 is 6.10 Å². The van der Waals surface area contributed by atoms with Crippen LogP contribution in [0.3, 0.4) is 0 Å². The molecule has 0 saturated carbocycles. The summed E-state index contributed by atoms with van der Waals surface area (Å²) in [5.41, 5.74) is 1.65. The molecule has 0 spiro atoms. The zero-order valence-corrected chi connectivity index (χ0v) is 12.2. The molecule has 0 saturated heterocycles. The van der Waals surface area contributed by atoms with E-state index in [0.717, 1.165) is 15.7 Å². The minimum absolute atomic E-state index is 0.380. The Hall–Kier alpha value is -1.44. The van der Waals surface area contributed by atoms with Crippen LogP contribution in [0.1, 0.15) is 11.7 Å². The van der Waals surface area contributed by atoms with Crippen LogP contribution in [0, 0.1) is 0 Å². The van der Waals surface area contributed by atoms with E-state index in [1.807, 2.05) is 35.2 Å². The molecule has 0 aliphatic rings. The molecule has 0 aliphatic heterocycles. The summed E-state index contributed by atoms with van der Waals surface area (Å²) in [4.78, 5) is 4.35. The Morgan fingerprint density at radius 1 is 1.47 bits per heavy atom. The normalized spacial score (nSPS) is 12.7. The van der Waals surface area contributed by atoms with Gasteiger partial charge in [-0.2, -0.15) is 16.3 Å². The number of pyridine rings is 1. The Morgan fingerprint density at radius 2 is 2.37 bits per heavy atom. The van der Waals surface area contributed by atoms with Crippen LogP contribution in [0.25, 0.3) is 5.65 Å². The number of halogens is 1. The molecule has 0 bridgehead atoms. The summed E-state index contributed by atoms with van der Waals surface area (Å²) in [7, 11) is 0. The maximum Gasteiger partial charge on any atom is 0.243 e. The zero-order valence-electron chi connectivity index (χ0n) is 9.82. The van der Waals surface area contributed by atoms with Crippen molar-refractivity contribution in [3.63, 3.8) is 0 Å². The Balaban J connectivity index is 1.73. The van der Waals surface area contributed by atoms with Gasteiger partial charge in [0.15, 0.2) is 5.65 Å². The van der Waals surface area contributed by atoms with E-state index in [4.69, 9.17) is 0 Å². The van der Waals surface area contributed by atoms with Crippen molar-refractivity contribution in [3.05, 3.63) is 45.2 Å². The van der Waals surface area contributed by atoms with Crippen molar-refractivity contribution in [2.45, 2.75) is 6.10 Å². The van der Waals surface area contributed by atoms with Crippen molar-refractivity contribution in [3.8, 4) is 0 Å². The number of nitrogens with zero attached hydrogens (tertiary/aromatic N) is 3. The third-order valence-electron chi connectivity index (χ3n) is 2.70. The first-order valence-electron chi connectivity index (χ1n) is 5.69. The first kappa shape index (κ1) is 12.6. The fourth-order valence-electron chi connectivity index (χ4n) is 1.72. The number of aliphatic hydroxyl groups is 1. The van der Waals surface area contributed by atoms with Crippen molar-refractivity contribution < 1.29 is 5.11 Å². The number of hydrogen-bond donors (Lipinski definition) is 2. The molecule has 1 atom stereocenters. The predicted octanol–water partition coefficient (Wildman–Crippen LogP) is 2.70. The molecule has 0 radical (unpaired) electrons. The van der Waals surface area contributed by atoms with Gasteiger partial charge in [0.05, 0.1) is 10.6 Å². The highest BCUT2D eigenvalue weighted by Gasteiger charge is 2.10. The molecule has 3 heterocycles. The van der Waals surface area contributed by atoms with Crippen molar-refractivity contribution in [1.82, 2.24) is 14.6 Å². The van der Waals surface area contributed by atoms with Gasteiger partial charge in [0.1, 0.15) is 0 Å². The van der Waals surface area contributed by atoms with Gasteiger partial charge in [0.2, 0.25) is 5.95 Å². The highest BCUT2D eigenvalue weighted by Crippen LogP contribution is 2.19. The van der Waals surface area contributed by atoms with Crippen molar-refractivity contribution >= 4 is 38.9 Å². The van der Waals surface area contributed by atoms with Gasteiger partial charge in [-0.15, -0.1) is 5.10 Å². The van der Waals surface area contributed by atoms with Crippen LogP contribution in [0.4, 0.5) is 5.95 Å². The number of fused-ring (bicyclic) bond motifs is 1. The SMILES string of the molecule is OC(CNc1nc2c(Br)cccn2n1)c1ccsc1. The highest BCUT2D eigenvalue weighted by molar-refractivity contribution is 9.10. The van der Waals surface area contributed by atoms with E-state index in [0.29, 0.717) is 12.5 Å². The molecule has 5 nitrogen and oxygen atoms in total. The third kappa shape index (κ3) is 2.63. The lowest BCUT2D eigenvalue weighted by atomic mass is 10.2. The van der Waals surface area contributed by atoms with Crippen LogP contribution in [0.15, 0.2) is 39.6 Å². The van der Waals surface area contributed by atoms with Gasteiger partial charge in [-0.25, -0.2) is 4.52 Å². The zero-order chi connectivity index (χ0) is 13.2. The molecule has 1 unspecified atom stereocenters. The van der Waals surface area contributed by atoms with Crippen molar-refractivity contribution in [2.75, 3.05) is 11.9 Å². The topological polar surface area (TPSA) is 62.5 Å².